The van der Waals surface area contributed by atoms with Gasteiger partial charge in [0.2, 0.25) is 5.91 Å². The van der Waals surface area contributed by atoms with Gasteiger partial charge in [0.25, 0.3) is 0 Å². The number of hydrogen-bond acceptors (Lipinski definition) is 3. The number of amides is 1. The quantitative estimate of drug-likeness (QED) is 0.577. The minimum absolute atomic E-state index is 0.162. The Morgan fingerprint density at radius 3 is 2.62 bits per heavy atom. The fraction of sp³-hybridized carbons (Fsp3) is 0.280. The maximum absolute atomic E-state index is 12.3. The van der Waals surface area contributed by atoms with Crippen molar-refractivity contribution in [3.8, 4) is 0 Å². The third-order valence-corrected chi connectivity index (χ3v) is 5.71. The number of benzene rings is 2. The first kappa shape index (κ1) is 19.2. The third kappa shape index (κ3) is 4.83. The van der Waals surface area contributed by atoms with E-state index in [0.29, 0.717) is 11.7 Å². The molecule has 1 amide bonds. The summed E-state index contributed by atoms with van der Waals surface area (Å²) in [7, 11) is 2.19. The molecular formula is C25H27N3O. The number of pyridine rings is 1. The topological polar surface area (TPSA) is 45.2 Å². The molecule has 1 fully saturated rings. The molecule has 1 aliphatic rings. The number of rotatable bonds is 5. The van der Waals surface area contributed by atoms with E-state index >= 15 is 0 Å². The zero-order chi connectivity index (χ0) is 20.1. The molecule has 0 aliphatic heterocycles. The van der Waals surface area contributed by atoms with Crippen molar-refractivity contribution in [2.45, 2.75) is 38.1 Å². The van der Waals surface area contributed by atoms with Gasteiger partial charge in [0.05, 0.1) is 17.4 Å². The van der Waals surface area contributed by atoms with Crippen LogP contribution in [0.15, 0.2) is 66.9 Å². The Labute approximate surface area is 172 Å². The van der Waals surface area contributed by atoms with E-state index in [2.05, 4.69) is 46.5 Å². The van der Waals surface area contributed by atoms with Crippen LogP contribution in [0.25, 0.3) is 17.0 Å². The number of hydrogen-bond donors (Lipinski definition) is 1. The van der Waals surface area contributed by atoms with Gasteiger partial charge in [0.1, 0.15) is 0 Å². The maximum Gasteiger partial charge on any atom is 0.248 e. The Morgan fingerprint density at radius 2 is 1.83 bits per heavy atom. The SMILES string of the molecule is CN(c1ccc(C=CC(=O)Nc2cnc3ccccc3c2)cc1)C1CCCCC1. The average Bonchev–Trinajstić information content (AvgIpc) is 2.78. The third-order valence-electron chi connectivity index (χ3n) is 5.71. The normalized spacial score (nSPS) is 14.9. The van der Waals surface area contributed by atoms with Crippen LogP contribution in [-0.4, -0.2) is 24.0 Å². The molecule has 0 bridgehead atoms. The van der Waals surface area contributed by atoms with Crippen LogP contribution in [0.3, 0.4) is 0 Å². The van der Waals surface area contributed by atoms with Crippen LogP contribution in [0.5, 0.6) is 0 Å². The molecule has 4 rings (SSSR count). The largest absolute Gasteiger partial charge is 0.372 e. The summed E-state index contributed by atoms with van der Waals surface area (Å²) in [4.78, 5) is 19.0. The van der Waals surface area contributed by atoms with Crippen molar-refractivity contribution >= 4 is 34.3 Å². The van der Waals surface area contributed by atoms with Gasteiger partial charge in [-0.3, -0.25) is 9.78 Å². The second-order valence-electron chi connectivity index (χ2n) is 7.73. The number of nitrogens with zero attached hydrogens (tertiary/aromatic N) is 2. The Kier molecular flexibility index (Phi) is 5.89. The first-order chi connectivity index (χ1) is 14.2. The molecule has 1 saturated carbocycles. The van der Waals surface area contributed by atoms with E-state index in [4.69, 9.17) is 0 Å². The number of anilines is 2. The highest BCUT2D eigenvalue weighted by molar-refractivity contribution is 6.02. The number of fused-ring (bicyclic) bond motifs is 1. The summed E-state index contributed by atoms with van der Waals surface area (Å²) in [6, 6.07) is 18.8. The van der Waals surface area contributed by atoms with Crippen LogP contribution in [0.1, 0.15) is 37.7 Å². The van der Waals surface area contributed by atoms with Gasteiger partial charge < -0.3 is 10.2 Å². The summed E-state index contributed by atoms with van der Waals surface area (Å²) in [5.41, 5.74) is 3.86. The second kappa shape index (κ2) is 8.91. The number of para-hydroxylation sites is 1. The van der Waals surface area contributed by atoms with Gasteiger partial charge in [-0.05, 0) is 48.7 Å². The predicted molar refractivity (Wildman–Crippen MR) is 121 cm³/mol. The van der Waals surface area contributed by atoms with Gasteiger partial charge in [-0.2, -0.15) is 0 Å². The molecule has 2 aromatic carbocycles. The molecule has 4 nitrogen and oxygen atoms in total. The van der Waals surface area contributed by atoms with Crippen LogP contribution in [0.4, 0.5) is 11.4 Å². The summed E-state index contributed by atoms with van der Waals surface area (Å²) in [5.74, 6) is -0.162. The molecule has 1 aromatic heterocycles. The van der Waals surface area contributed by atoms with Gasteiger partial charge in [-0.25, -0.2) is 0 Å². The van der Waals surface area contributed by atoms with Crippen LogP contribution >= 0.6 is 0 Å². The summed E-state index contributed by atoms with van der Waals surface area (Å²) in [6.45, 7) is 0. The lowest BCUT2D eigenvalue weighted by Gasteiger charge is -2.33. The molecule has 148 valence electrons. The van der Waals surface area contributed by atoms with Gasteiger partial charge in [-0.15, -0.1) is 0 Å². The second-order valence-corrected chi connectivity index (χ2v) is 7.73. The van der Waals surface area contributed by atoms with E-state index in [9.17, 15) is 4.79 Å². The van der Waals surface area contributed by atoms with Crippen molar-refractivity contribution < 1.29 is 4.79 Å². The Hall–Kier alpha value is -3.14. The standard InChI is InChI=1S/C25H27N3O/c1-28(22-8-3-2-4-9-22)23-14-11-19(12-15-23)13-16-25(29)27-21-17-20-7-5-6-10-24(20)26-18-21/h5-7,10-18,22H,2-4,8-9H2,1H3,(H,27,29). The van der Waals surface area contributed by atoms with Crippen LogP contribution in [0, 0.1) is 0 Å². The fourth-order valence-electron chi connectivity index (χ4n) is 3.99. The van der Waals surface area contributed by atoms with Crippen LogP contribution < -0.4 is 10.2 Å². The number of carbonyl (C=O) groups is 1. The minimum Gasteiger partial charge on any atom is -0.372 e. The van der Waals surface area contributed by atoms with Crippen molar-refractivity contribution in [2.75, 3.05) is 17.3 Å². The molecule has 1 heterocycles. The van der Waals surface area contributed by atoms with E-state index in [0.717, 1.165) is 16.5 Å². The maximum atomic E-state index is 12.3. The highest BCUT2D eigenvalue weighted by Gasteiger charge is 2.18. The molecule has 0 atom stereocenters. The smallest absolute Gasteiger partial charge is 0.248 e. The van der Waals surface area contributed by atoms with Gasteiger partial charge in [-0.1, -0.05) is 49.6 Å². The van der Waals surface area contributed by atoms with E-state index in [1.165, 1.54) is 37.8 Å². The fourth-order valence-corrected chi connectivity index (χ4v) is 3.99. The predicted octanol–water partition coefficient (Wildman–Crippen LogP) is 5.66. The van der Waals surface area contributed by atoms with Crippen molar-refractivity contribution in [2.24, 2.45) is 0 Å². The lowest BCUT2D eigenvalue weighted by molar-refractivity contribution is -0.111. The highest BCUT2D eigenvalue weighted by Crippen LogP contribution is 2.26. The highest BCUT2D eigenvalue weighted by atomic mass is 16.1. The summed E-state index contributed by atoms with van der Waals surface area (Å²) in [5, 5.41) is 3.89. The number of nitrogens with one attached hydrogen (secondary N) is 1. The lowest BCUT2D eigenvalue weighted by atomic mass is 9.94. The zero-order valence-corrected chi connectivity index (χ0v) is 16.8. The minimum atomic E-state index is -0.162. The Balaban J connectivity index is 1.37. The zero-order valence-electron chi connectivity index (χ0n) is 16.8. The van der Waals surface area contributed by atoms with E-state index < -0.39 is 0 Å². The summed E-state index contributed by atoms with van der Waals surface area (Å²) >= 11 is 0. The number of carbonyl (C=O) groups excluding carboxylic acids is 1. The summed E-state index contributed by atoms with van der Waals surface area (Å²) in [6.07, 6.45) is 11.7. The van der Waals surface area contributed by atoms with Crippen molar-refractivity contribution in [3.63, 3.8) is 0 Å². The molecule has 0 spiro atoms. The molecule has 29 heavy (non-hydrogen) atoms. The van der Waals surface area contributed by atoms with Gasteiger partial charge >= 0.3 is 0 Å². The molecule has 0 radical (unpaired) electrons. The molecule has 0 unspecified atom stereocenters. The first-order valence-corrected chi connectivity index (χ1v) is 10.4. The lowest BCUT2D eigenvalue weighted by Crippen LogP contribution is -2.33. The molecule has 1 aliphatic carbocycles. The van der Waals surface area contributed by atoms with Crippen molar-refractivity contribution in [1.29, 1.82) is 0 Å². The van der Waals surface area contributed by atoms with Crippen LogP contribution in [0.2, 0.25) is 0 Å². The molecule has 3 aromatic rings. The Bertz CT molecular complexity index is 1000. The van der Waals surface area contributed by atoms with E-state index in [1.807, 2.05) is 36.4 Å². The monoisotopic (exact) mass is 385 g/mol. The average molecular weight is 386 g/mol. The molecule has 1 N–H and O–H groups in total. The Morgan fingerprint density at radius 1 is 1.07 bits per heavy atom. The van der Waals surface area contributed by atoms with E-state index in [-0.39, 0.29) is 5.91 Å². The molecular weight excluding hydrogens is 358 g/mol. The van der Waals surface area contributed by atoms with Crippen molar-refractivity contribution in [1.82, 2.24) is 4.98 Å². The van der Waals surface area contributed by atoms with Crippen molar-refractivity contribution in [3.05, 3.63) is 72.4 Å². The van der Waals surface area contributed by atoms with E-state index in [1.54, 1.807) is 12.3 Å². The van der Waals surface area contributed by atoms with Gasteiger partial charge in [0.15, 0.2) is 0 Å². The molecule has 4 heteroatoms. The first-order valence-electron chi connectivity index (χ1n) is 10.4. The molecule has 0 saturated heterocycles. The number of aromatic nitrogens is 1. The summed E-state index contributed by atoms with van der Waals surface area (Å²) < 4.78 is 0. The van der Waals surface area contributed by atoms with Crippen LogP contribution in [-0.2, 0) is 4.79 Å². The van der Waals surface area contributed by atoms with Gasteiger partial charge in [0, 0.05) is 30.2 Å².